The molecular weight excluding hydrogens is 477 g/mol. The van der Waals surface area contributed by atoms with Crippen LogP contribution in [-0.4, -0.2) is 20.4 Å². The standard InChI is InChI=1S/C32H28FN3O2/c1-3-29(35(21-23-13-5-4-6-14-23)31(37)25-16-7-9-18-27(25)33)30-34-28-19-10-8-17-26(28)32(38)36(30)24-15-11-12-22(2)20-24/h4-20,29H,3,21H2,1-2H3. The Balaban J connectivity index is 1.75. The number of carbonyl (C=O) groups excluding carboxylic acids is 1. The van der Waals surface area contributed by atoms with Gasteiger partial charge in [-0.2, -0.15) is 0 Å². The van der Waals surface area contributed by atoms with Gasteiger partial charge in [-0.3, -0.25) is 14.2 Å². The van der Waals surface area contributed by atoms with Gasteiger partial charge >= 0.3 is 0 Å². The summed E-state index contributed by atoms with van der Waals surface area (Å²) >= 11 is 0. The number of benzene rings is 4. The largest absolute Gasteiger partial charge is 0.324 e. The zero-order valence-electron chi connectivity index (χ0n) is 21.3. The average Bonchev–Trinajstić information content (AvgIpc) is 2.93. The van der Waals surface area contributed by atoms with Crippen molar-refractivity contribution in [2.75, 3.05) is 0 Å². The number of rotatable bonds is 7. The van der Waals surface area contributed by atoms with Crippen LogP contribution >= 0.6 is 0 Å². The van der Waals surface area contributed by atoms with E-state index in [0.29, 0.717) is 28.8 Å². The van der Waals surface area contributed by atoms with E-state index in [1.54, 1.807) is 33.7 Å². The lowest BCUT2D eigenvalue weighted by atomic mass is 10.1. The van der Waals surface area contributed by atoms with E-state index in [1.165, 1.54) is 12.1 Å². The van der Waals surface area contributed by atoms with Crippen LogP contribution in [0, 0.1) is 12.7 Å². The second kappa shape index (κ2) is 10.8. The van der Waals surface area contributed by atoms with Crippen LogP contribution in [0.25, 0.3) is 16.6 Å². The van der Waals surface area contributed by atoms with E-state index in [0.717, 1.165) is 11.1 Å². The molecule has 1 aromatic heterocycles. The number of para-hydroxylation sites is 1. The number of amides is 1. The molecule has 0 bridgehead atoms. The fraction of sp³-hybridized carbons (Fsp3) is 0.156. The molecule has 190 valence electrons. The first kappa shape index (κ1) is 25.1. The van der Waals surface area contributed by atoms with Gasteiger partial charge in [-0.15, -0.1) is 0 Å². The Morgan fingerprint density at radius 3 is 2.37 bits per heavy atom. The first-order valence-electron chi connectivity index (χ1n) is 12.7. The maximum absolute atomic E-state index is 14.9. The van der Waals surface area contributed by atoms with Crippen molar-refractivity contribution in [2.24, 2.45) is 0 Å². The van der Waals surface area contributed by atoms with Gasteiger partial charge in [-0.25, -0.2) is 9.37 Å². The molecule has 5 rings (SSSR count). The first-order chi connectivity index (χ1) is 18.5. The third kappa shape index (κ3) is 4.85. The molecule has 0 spiro atoms. The lowest BCUT2D eigenvalue weighted by Crippen LogP contribution is -2.38. The molecule has 0 saturated heterocycles. The second-order valence-electron chi connectivity index (χ2n) is 9.29. The second-order valence-corrected chi connectivity index (χ2v) is 9.29. The predicted molar refractivity (Wildman–Crippen MR) is 148 cm³/mol. The minimum absolute atomic E-state index is 0.0212. The van der Waals surface area contributed by atoms with E-state index < -0.39 is 17.8 Å². The summed E-state index contributed by atoms with van der Waals surface area (Å²) in [7, 11) is 0. The van der Waals surface area contributed by atoms with E-state index in [1.807, 2.05) is 80.6 Å². The molecule has 6 heteroatoms. The smallest absolute Gasteiger partial charge is 0.266 e. The quantitative estimate of drug-likeness (QED) is 0.250. The zero-order chi connectivity index (χ0) is 26.6. The van der Waals surface area contributed by atoms with Gasteiger partial charge in [0.1, 0.15) is 11.6 Å². The summed E-state index contributed by atoms with van der Waals surface area (Å²) in [4.78, 5) is 34.5. The number of fused-ring (bicyclic) bond motifs is 1. The molecule has 5 nitrogen and oxygen atoms in total. The highest BCUT2D eigenvalue weighted by atomic mass is 19.1. The molecular formula is C32H28FN3O2. The topological polar surface area (TPSA) is 55.2 Å². The molecule has 0 aliphatic carbocycles. The van der Waals surface area contributed by atoms with Gasteiger partial charge in [0.15, 0.2) is 0 Å². The number of aromatic nitrogens is 2. The van der Waals surface area contributed by atoms with Crippen LogP contribution in [-0.2, 0) is 6.54 Å². The number of hydrogen-bond donors (Lipinski definition) is 0. The lowest BCUT2D eigenvalue weighted by Gasteiger charge is -2.32. The van der Waals surface area contributed by atoms with E-state index in [2.05, 4.69) is 0 Å². The molecule has 1 amide bonds. The van der Waals surface area contributed by atoms with E-state index in [9.17, 15) is 14.0 Å². The molecule has 1 unspecified atom stereocenters. The van der Waals surface area contributed by atoms with Crippen LogP contribution < -0.4 is 5.56 Å². The van der Waals surface area contributed by atoms with Gasteiger partial charge in [-0.1, -0.05) is 73.7 Å². The lowest BCUT2D eigenvalue weighted by molar-refractivity contribution is 0.0636. The van der Waals surface area contributed by atoms with Crippen molar-refractivity contribution in [3.63, 3.8) is 0 Å². The molecule has 0 fully saturated rings. The van der Waals surface area contributed by atoms with Crippen LogP contribution in [0.15, 0.2) is 108 Å². The monoisotopic (exact) mass is 505 g/mol. The summed E-state index contributed by atoms with van der Waals surface area (Å²) in [5.74, 6) is -0.618. The number of halogens is 1. The number of nitrogens with zero attached hydrogens (tertiary/aromatic N) is 3. The highest BCUT2D eigenvalue weighted by Gasteiger charge is 2.31. The van der Waals surface area contributed by atoms with Gasteiger partial charge in [0, 0.05) is 6.54 Å². The molecule has 1 atom stereocenters. The predicted octanol–water partition coefficient (Wildman–Crippen LogP) is 6.63. The summed E-state index contributed by atoms with van der Waals surface area (Å²) in [6.45, 7) is 4.13. The number of carbonyl (C=O) groups is 1. The summed E-state index contributed by atoms with van der Waals surface area (Å²) in [6.07, 6.45) is 0.462. The molecule has 1 heterocycles. The van der Waals surface area contributed by atoms with E-state index >= 15 is 0 Å². The van der Waals surface area contributed by atoms with Crippen LogP contribution in [0.2, 0.25) is 0 Å². The normalized spacial score (nSPS) is 11.9. The minimum Gasteiger partial charge on any atom is -0.324 e. The third-order valence-corrected chi connectivity index (χ3v) is 6.68. The summed E-state index contributed by atoms with van der Waals surface area (Å²) < 4.78 is 16.4. The van der Waals surface area contributed by atoms with Crippen molar-refractivity contribution < 1.29 is 9.18 Å². The highest BCUT2D eigenvalue weighted by Crippen LogP contribution is 2.30. The van der Waals surface area contributed by atoms with Crippen LogP contribution in [0.1, 0.15) is 46.7 Å². The fourth-order valence-electron chi connectivity index (χ4n) is 4.83. The minimum atomic E-state index is -0.611. The zero-order valence-corrected chi connectivity index (χ0v) is 21.3. The van der Waals surface area contributed by atoms with Gasteiger partial charge in [-0.05, 0) is 60.9 Å². The summed E-state index contributed by atoms with van der Waals surface area (Å²) in [6, 6.07) is 29.8. The molecule has 5 aromatic rings. The Morgan fingerprint density at radius 1 is 0.921 bits per heavy atom. The van der Waals surface area contributed by atoms with Crippen molar-refractivity contribution in [1.82, 2.24) is 14.5 Å². The molecule has 38 heavy (non-hydrogen) atoms. The number of aryl methyl sites for hydroxylation is 1. The fourth-order valence-corrected chi connectivity index (χ4v) is 4.83. The Labute approximate surface area is 220 Å². The van der Waals surface area contributed by atoms with Crippen molar-refractivity contribution >= 4 is 16.8 Å². The van der Waals surface area contributed by atoms with Crippen molar-refractivity contribution in [3.05, 3.63) is 142 Å². The summed E-state index contributed by atoms with van der Waals surface area (Å²) in [5.41, 5.74) is 2.86. The van der Waals surface area contributed by atoms with Crippen molar-refractivity contribution in [1.29, 1.82) is 0 Å². The van der Waals surface area contributed by atoms with Crippen LogP contribution in [0.5, 0.6) is 0 Å². The molecule has 0 N–H and O–H groups in total. The Hall–Kier alpha value is -4.58. The van der Waals surface area contributed by atoms with Gasteiger partial charge < -0.3 is 4.90 Å². The van der Waals surface area contributed by atoms with Crippen molar-refractivity contribution in [3.8, 4) is 5.69 Å². The van der Waals surface area contributed by atoms with Crippen LogP contribution in [0.3, 0.4) is 0 Å². The highest BCUT2D eigenvalue weighted by molar-refractivity contribution is 5.94. The molecule has 0 aliphatic rings. The third-order valence-electron chi connectivity index (χ3n) is 6.68. The Kier molecular flexibility index (Phi) is 7.13. The molecule has 0 aliphatic heterocycles. The molecule has 4 aromatic carbocycles. The van der Waals surface area contributed by atoms with Gasteiger partial charge in [0.25, 0.3) is 11.5 Å². The van der Waals surface area contributed by atoms with E-state index in [4.69, 9.17) is 4.98 Å². The van der Waals surface area contributed by atoms with Gasteiger partial charge in [0.05, 0.1) is 28.2 Å². The maximum atomic E-state index is 14.9. The van der Waals surface area contributed by atoms with Crippen LogP contribution in [0.4, 0.5) is 4.39 Å². The van der Waals surface area contributed by atoms with E-state index in [-0.39, 0.29) is 17.7 Å². The summed E-state index contributed by atoms with van der Waals surface area (Å²) in [5, 5.41) is 0.489. The average molecular weight is 506 g/mol. The Morgan fingerprint density at radius 2 is 1.63 bits per heavy atom. The maximum Gasteiger partial charge on any atom is 0.266 e. The molecule has 0 saturated carbocycles. The SMILES string of the molecule is CCC(c1nc2ccccc2c(=O)n1-c1cccc(C)c1)N(Cc1ccccc1)C(=O)c1ccccc1F. The Bertz CT molecular complexity index is 1660. The number of hydrogen-bond acceptors (Lipinski definition) is 3. The molecule has 0 radical (unpaired) electrons. The van der Waals surface area contributed by atoms with Crippen molar-refractivity contribution in [2.45, 2.75) is 32.9 Å². The van der Waals surface area contributed by atoms with Gasteiger partial charge in [0.2, 0.25) is 0 Å². The first-order valence-corrected chi connectivity index (χ1v) is 12.7.